The first-order valence-electron chi connectivity index (χ1n) is 6.31. The third kappa shape index (κ3) is 4.22. The zero-order chi connectivity index (χ0) is 16.1. The first kappa shape index (κ1) is 16.3. The van der Waals surface area contributed by atoms with Gasteiger partial charge in [0.05, 0.1) is 5.75 Å². The van der Waals surface area contributed by atoms with Crippen molar-refractivity contribution in [1.29, 1.82) is 0 Å². The van der Waals surface area contributed by atoms with E-state index in [1.807, 2.05) is 14.0 Å². The molecule has 2 amide bonds. The first-order chi connectivity index (χ1) is 10.5. The van der Waals surface area contributed by atoms with Crippen LogP contribution in [0.5, 0.6) is 0 Å². The molecule has 22 heavy (non-hydrogen) atoms. The van der Waals surface area contributed by atoms with Crippen molar-refractivity contribution in [2.45, 2.75) is 12.1 Å². The van der Waals surface area contributed by atoms with Crippen LogP contribution in [0.3, 0.4) is 0 Å². The Balaban J connectivity index is 1.79. The van der Waals surface area contributed by atoms with E-state index < -0.39 is 5.91 Å². The molecule has 2 N–H and O–H groups in total. The Hall–Kier alpha value is -2.06. The number of amides is 2. The molecular formula is C13H14ClN5O2S. The van der Waals surface area contributed by atoms with Gasteiger partial charge in [-0.05, 0) is 31.2 Å². The van der Waals surface area contributed by atoms with E-state index in [1.54, 1.807) is 28.8 Å². The van der Waals surface area contributed by atoms with Crippen LogP contribution in [-0.4, -0.2) is 32.3 Å². The number of rotatable bonds is 4. The van der Waals surface area contributed by atoms with Crippen LogP contribution in [0.2, 0.25) is 5.02 Å². The summed E-state index contributed by atoms with van der Waals surface area (Å²) in [7, 11) is 1.82. The van der Waals surface area contributed by atoms with Crippen LogP contribution < -0.4 is 10.9 Å². The lowest BCUT2D eigenvalue weighted by atomic mass is 10.2. The summed E-state index contributed by atoms with van der Waals surface area (Å²) in [5.74, 6) is 0.129. The van der Waals surface area contributed by atoms with Gasteiger partial charge in [0.2, 0.25) is 5.91 Å². The second-order valence-corrected chi connectivity index (χ2v) is 5.77. The topological polar surface area (TPSA) is 88.9 Å². The predicted octanol–water partition coefficient (Wildman–Crippen LogP) is 1.33. The molecule has 116 valence electrons. The van der Waals surface area contributed by atoms with E-state index in [1.165, 1.54) is 11.8 Å². The van der Waals surface area contributed by atoms with Crippen molar-refractivity contribution in [2.75, 3.05) is 5.75 Å². The SMILES string of the molecule is Cc1nnc(SCC(=O)NNC(=O)c2ccc(Cl)cc2)n1C. The summed E-state index contributed by atoms with van der Waals surface area (Å²) in [6.45, 7) is 1.82. The summed E-state index contributed by atoms with van der Waals surface area (Å²) < 4.78 is 1.78. The Morgan fingerprint density at radius 1 is 1.23 bits per heavy atom. The molecule has 9 heteroatoms. The Bertz CT molecular complexity index is 686. The van der Waals surface area contributed by atoms with Gasteiger partial charge in [0.1, 0.15) is 5.82 Å². The molecule has 0 saturated carbocycles. The predicted molar refractivity (Wildman–Crippen MR) is 83.5 cm³/mol. The number of benzene rings is 1. The molecule has 0 spiro atoms. The van der Waals surface area contributed by atoms with Crippen LogP contribution in [0.1, 0.15) is 16.2 Å². The van der Waals surface area contributed by atoms with E-state index >= 15 is 0 Å². The van der Waals surface area contributed by atoms with Crippen molar-refractivity contribution in [3.05, 3.63) is 40.7 Å². The largest absolute Gasteiger partial charge is 0.309 e. The molecule has 1 aromatic heterocycles. The van der Waals surface area contributed by atoms with Gasteiger partial charge in [0.15, 0.2) is 5.16 Å². The fraction of sp³-hybridized carbons (Fsp3) is 0.231. The Morgan fingerprint density at radius 3 is 2.50 bits per heavy atom. The molecule has 7 nitrogen and oxygen atoms in total. The minimum absolute atomic E-state index is 0.118. The zero-order valence-corrected chi connectivity index (χ0v) is 13.5. The van der Waals surface area contributed by atoms with Crippen molar-refractivity contribution < 1.29 is 9.59 Å². The summed E-state index contributed by atoms with van der Waals surface area (Å²) in [4.78, 5) is 23.5. The summed E-state index contributed by atoms with van der Waals surface area (Å²) >= 11 is 6.97. The van der Waals surface area contributed by atoms with Gasteiger partial charge in [-0.15, -0.1) is 10.2 Å². The van der Waals surface area contributed by atoms with Crippen molar-refractivity contribution in [2.24, 2.45) is 7.05 Å². The van der Waals surface area contributed by atoms with E-state index in [9.17, 15) is 9.59 Å². The summed E-state index contributed by atoms with van der Waals surface area (Å²) in [6.07, 6.45) is 0. The standard InChI is InChI=1S/C13H14ClN5O2S/c1-8-15-18-13(19(8)2)22-7-11(20)16-17-12(21)9-3-5-10(14)6-4-9/h3-6H,7H2,1-2H3,(H,16,20)(H,17,21). The van der Waals surface area contributed by atoms with Gasteiger partial charge >= 0.3 is 0 Å². The number of nitrogens with one attached hydrogen (secondary N) is 2. The van der Waals surface area contributed by atoms with Crippen molar-refractivity contribution in [1.82, 2.24) is 25.6 Å². The molecule has 0 aliphatic rings. The molecule has 2 rings (SSSR count). The quantitative estimate of drug-likeness (QED) is 0.648. The molecule has 0 aliphatic carbocycles. The lowest BCUT2D eigenvalue weighted by Crippen LogP contribution is -2.42. The van der Waals surface area contributed by atoms with E-state index in [4.69, 9.17) is 11.6 Å². The molecule has 2 aromatic rings. The number of carbonyl (C=O) groups is 2. The molecule has 0 aliphatic heterocycles. The number of halogens is 1. The van der Waals surface area contributed by atoms with Crippen molar-refractivity contribution >= 4 is 35.2 Å². The van der Waals surface area contributed by atoms with E-state index in [0.717, 1.165) is 5.82 Å². The third-order valence-electron chi connectivity index (χ3n) is 2.81. The molecule has 0 atom stereocenters. The number of hydrogen-bond donors (Lipinski definition) is 2. The normalized spacial score (nSPS) is 10.3. The van der Waals surface area contributed by atoms with Gasteiger partial charge in [0, 0.05) is 17.6 Å². The summed E-state index contributed by atoms with van der Waals surface area (Å²) in [5, 5.41) is 9.00. The smallest absolute Gasteiger partial charge is 0.269 e. The van der Waals surface area contributed by atoms with Gasteiger partial charge in [-0.3, -0.25) is 20.4 Å². The van der Waals surface area contributed by atoms with Crippen LogP contribution in [0.4, 0.5) is 0 Å². The molecule has 1 aromatic carbocycles. The second kappa shape index (κ2) is 7.28. The first-order valence-corrected chi connectivity index (χ1v) is 7.67. The highest BCUT2D eigenvalue weighted by Gasteiger charge is 2.10. The molecule has 0 bridgehead atoms. The summed E-state index contributed by atoms with van der Waals surface area (Å²) in [5.41, 5.74) is 5.08. The fourth-order valence-corrected chi connectivity index (χ4v) is 2.36. The van der Waals surface area contributed by atoms with Crippen LogP contribution in [-0.2, 0) is 11.8 Å². The second-order valence-electron chi connectivity index (χ2n) is 4.39. The number of nitrogens with zero attached hydrogens (tertiary/aromatic N) is 3. The number of carbonyl (C=O) groups excluding carboxylic acids is 2. The monoisotopic (exact) mass is 339 g/mol. The molecule has 0 saturated heterocycles. The Labute approximate surface area is 136 Å². The van der Waals surface area contributed by atoms with Crippen LogP contribution >= 0.6 is 23.4 Å². The highest BCUT2D eigenvalue weighted by Crippen LogP contribution is 2.14. The maximum Gasteiger partial charge on any atom is 0.269 e. The van der Waals surface area contributed by atoms with E-state index in [0.29, 0.717) is 15.7 Å². The average Bonchev–Trinajstić information content (AvgIpc) is 2.83. The number of hydrazine groups is 1. The minimum Gasteiger partial charge on any atom is -0.309 e. The molecule has 0 fully saturated rings. The summed E-state index contributed by atoms with van der Waals surface area (Å²) in [6, 6.07) is 6.34. The van der Waals surface area contributed by atoms with Gasteiger partial charge < -0.3 is 4.57 Å². The maximum absolute atomic E-state index is 11.8. The number of aryl methyl sites for hydroxylation is 1. The van der Waals surface area contributed by atoms with Crippen LogP contribution in [0, 0.1) is 6.92 Å². The fourth-order valence-electron chi connectivity index (χ4n) is 1.48. The average molecular weight is 340 g/mol. The molecule has 1 heterocycles. The van der Waals surface area contributed by atoms with E-state index in [-0.39, 0.29) is 11.7 Å². The highest BCUT2D eigenvalue weighted by molar-refractivity contribution is 7.99. The Kier molecular flexibility index (Phi) is 5.40. The lowest BCUT2D eigenvalue weighted by Gasteiger charge is -2.07. The highest BCUT2D eigenvalue weighted by atomic mass is 35.5. The van der Waals surface area contributed by atoms with Crippen LogP contribution in [0.25, 0.3) is 0 Å². The lowest BCUT2D eigenvalue weighted by molar-refractivity contribution is -0.119. The van der Waals surface area contributed by atoms with Crippen molar-refractivity contribution in [3.63, 3.8) is 0 Å². The van der Waals surface area contributed by atoms with Crippen molar-refractivity contribution in [3.8, 4) is 0 Å². The molecular weight excluding hydrogens is 326 g/mol. The maximum atomic E-state index is 11.8. The van der Waals surface area contributed by atoms with Gasteiger partial charge in [-0.2, -0.15) is 0 Å². The van der Waals surface area contributed by atoms with Gasteiger partial charge in [-0.25, -0.2) is 0 Å². The number of aromatic nitrogens is 3. The number of hydrogen-bond acceptors (Lipinski definition) is 5. The molecule has 0 unspecified atom stereocenters. The van der Waals surface area contributed by atoms with Crippen LogP contribution in [0.15, 0.2) is 29.4 Å². The van der Waals surface area contributed by atoms with Gasteiger partial charge in [0.25, 0.3) is 5.91 Å². The number of thioether (sulfide) groups is 1. The zero-order valence-electron chi connectivity index (χ0n) is 12.0. The third-order valence-corrected chi connectivity index (χ3v) is 4.08. The van der Waals surface area contributed by atoms with Gasteiger partial charge in [-0.1, -0.05) is 23.4 Å². The minimum atomic E-state index is -0.412. The molecule has 0 radical (unpaired) electrons. The van der Waals surface area contributed by atoms with E-state index in [2.05, 4.69) is 21.0 Å². The Morgan fingerprint density at radius 2 is 1.91 bits per heavy atom.